The first-order valence-electron chi connectivity index (χ1n) is 7.76. The summed E-state index contributed by atoms with van der Waals surface area (Å²) in [5.74, 6) is -0.587. The Kier molecular flexibility index (Phi) is 4.82. The van der Waals surface area contributed by atoms with Gasteiger partial charge in [0.05, 0.1) is 5.69 Å². The number of fused-ring (bicyclic) bond motifs is 1. The standard InChI is InChI=1S/C17H21N3O5/c1-5-10-19-13-9-7-6-8-12(13)17(14(19)21,11-20(23)24)18-15(22)25-16(2,3)4/h5-9H,1,10-11H2,2-4H3,(H,18,22)/t17-/m1/s1. The highest BCUT2D eigenvalue weighted by Crippen LogP contribution is 2.40. The van der Waals surface area contributed by atoms with Crippen LogP contribution in [0.5, 0.6) is 0 Å². The molecule has 0 aromatic heterocycles. The quantitative estimate of drug-likeness (QED) is 0.500. The summed E-state index contributed by atoms with van der Waals surface area (Å²) < 4.78 is 5.20. The van der Waals surface area contributed by atoms with Gasteiger partial charge in [0, 0.05) is 17.0 Å². The van der Waals surface area contributed by atoms with Crippen LogP contribution >= 0.6 is 0 Å². The van der Waals surface area contributed by atoms with Crippen LogP contribution in [-0.2, 0) is 15.1 Å². The summed E-state index contributed by atoms with van der Waals surface area (Å²) in [6.07, 6.45) is 0.627. The Labute approximate surface area is 145 Å². The van der Waals surface area contributed by atoms with Gasteiger partial charge < -0.3 is 9.64 Å². The van der Waals surface area contributed by atoms with E-state index in [-0.39, 0.29) is 6.54 Å². The lowest BCUT2D eigenvalue weighted by molar-refractivity contribution is -0.488. The molecular formula is C17H21N3O5. The number of hydrogen-bond acceptors (Lipinski definition) is 5. The number of rotatable bonds is 5. The zero-order valence-corrected chi connectivity index (χ0v) is 14.4. The van der Waals surface area contributed by atoms with E-state index in [0.29, 0.717) is 11.3 Å². The number of benzene rings is 1. The minimum atomic E-state index is -1.81. The molecule has 0 unspecified atom stereocenters. The summed E-state index contributed by atoms with van der Waals surface area (Å²) in [5.41, 5.74) is -1.75. The number of anilines is 1. The van der Waals surface area contributed by atoms with E-state index in [1.165, 1.54) is 11.0 Å². The molecule has 8 nitrogen and oxygen atoms in total. The van der Waals surface area contributed by atoms with Crippen LogP contribution in [-0.4, -0.2) is 35.6 Å². The molecule has 0 fully saturated rings. The third-order valence-electron chi connectivity index (χ3n) is 3.66. The maximum absolute atomic E-state index is 13.0. The van der Waals surface area contributed by atoms with Crippen molar-refractivity contribution in [2.75, 3.05) is 18.0 Å². The maximum Gasteiger partial charge on any atom is 0.408 e. The minimum Gasteiger partial charge on any atom is -0.444 e. The van der Waals surface area contributed by atoms with Gasteiger partial charge in [0.25, 0.3) is 5.91 Å². The fourth-order valence-electron chi connectivity index (χ4n) is 2.82. The van der Waals surface area contributed by atoms with Gasteiger partial charge >= 0.3 is 6.09 Å². The number of alkyl carbamates (subject to hydrolysis) is 1. The number of hydrogen-bond donors (Lipinski definition) is 1. The Morgan fingerprint density at radius 3 is 2.64 bits per heavy atom. The van der Waals surface area contributed by atoms with Crippen LogP contribution in [0, 0.1) is 10.1 Å². The molecule has 1 aromatic carbocycles. The number of nitrogens with one attached hydrogen (secondary N) is 1. The summed E-state index contributed by atoms with van der Waals surface area (Å²) in [6.45, 7) is 8.00. The Morgan fingerprint density at radius 2 is 2.08 bits per heavy atom. The highest BCUT2D eigenvalue weighted by molar-refractivity contribution is 6.09. The second-order valence-corrected chi connectivity index (χ2v) is 6.74. The van der Waals surface area contributed by atoms with Crippen LogP contribution in [0.3, 0.4) is 0 Å². The van der Waals surface area contributed by atoms with Crippen LogP contribution < -0.4 is 10.2 Å². The number of carbonyl (C=O) groups is 2. The Morgan fingerprint density at radius 1 is 1.44 bits per heavy atom. The van der Waals surface area contributed by atoms with Gasteiger partial charge in [0.2, 0.25) is 12.1 Å². The van der Waals surface area contributed by atoms with Crippen LogP contribution in [0.4, 0.5) is 10.5 Å². The van der Waals surface area contributed by atoms with Gasteiger partial charge in [-0.2, -0.15) is 0 Å². The lowest BCUT2D eigenvalue weighted by Crippen LogP contribution is -2.57. The Hall–Kier alpha value is -2.90. The summed E-state index contributed by atoms with van der Waals surface area (Å²) in [5, 5.41) is 13.7. The van der Waals surface area contributed by atoms with E-state index in [9.17, 15) is 19.7 Å². The largest absolute Gasteiger partial charge is 0.444 e. The second kappa shape index (κ2) is 6.54. The van der Waals surface area contributed by atoms with Crippen molar-refractivity contribution < 1.29 is 19.2 Å². The van der Waals surface area contributed by atoms with Crippen LogP contribution in [0.25, 0.3) is 0 Å². The first-order chi connectivity index (χ1) is 11.6. The van der Waals surface area contributed by atoms with Crippen LogP contribution in [0.2, 0.25) is 0 Å². The summed E-state index contributed by atoms with van der Waals surface area (Å²) in [7, 11) is 0. The average molecular weight is 347 g/mol. The number of amides is 2. The lowest BCUT2D eigenvalue weighted by Gasteiger charge is -2.28. The van der Waals surface area contributed by atoms with Crippen molar-refractivity contribution in [3.8, 4) is 0 Å². The van der Waals surface area contributed by atoms with Crippen molar-refractivity contribution in [2.45, 2.75) is 31.9 Å². The van der Waals surface area contributed by atoms with Crippen LogP contribution in [0.1, 0.15) is 26.3 Å². The first kappa shape index (κ1) is 18.4. The molecule has 2 rings (SSSR count). The highest BCUT2D eigenvalue weighted by atomic mass is 16.6. The van der Waals surface area contributed by atoms with Crippen molar-refractivity contribution >= 4 is 17.7 Å². The van der Waals surface area contributed by atoms with E-state index in [0.717, 1.165) is 0 Å². The Bertz CT molecular complexity index is 725. The van der Waals surface area contributed by atoms with E-state index in [1.54, 1.807) is 45.0 Å². The van der Waals surface area contributed by atoms with Crippen LogP contribution in [0.15, 0.2) is 36.9 Å². The number of nitro groups is 1. The highest BCUT2D eigenvalue weighted by Gasteiger charge is 2.56. The number of ether oxygens (including phenoxy) is 1. The fourth-order valence-corrected chi connectivity index (χ4v) is 2.82. The monoisotopic (exact) mass is 347 g/mol. The Balaban J connectivity index is 2.52. The predicted octanol–water partition coefficient (Wildman–Crippen LogP) is 2.22. The van der Waals surface area contributed by atoms with E-state index in [1.807, 2.05) is 0 Å². The molecule has 1 heterocycles. The third kappa shape index (κ3) is 3.62. The number of nitrogens with zero attached hydrogens (tertiary/aromatic N) is 2. The molecule has 25 heavy (non-hydrogen) atoms. The van der Waals surface area contributed by atoms with Gasteiger partial charge in [-0.3, -0.25) is 20.2 Å². The topological polar surface area (TPSA) is 102 Å². The van der Waals surface area contributed by atoms with Gasteiger partial charge in [-0.05, 0) is 26.8 Å². The minimum absolute atomic E-state index is 0.172. The molecule has 0 aliphatic carbocycles. The van der Waals surface area contributed by atoms with Gasteiger partial charge in [-0.1, -0.05) is 24.3 Å². The van der Waals surface area contributed by atoms with Gasteiger partial charge in [-0.15, -0.1) is 6.58 Å². The third-order valence-corrected chi connectivity index (χ3v) is 3.66. The smallest absolute Gasteiger partial charge is 0.408 e. The molecule has 2 amide bonds. The molecule has 0 bridgehead atoms. The average Bonchev–Trinajstić information content (AvgIpc) is 2.68. The summed E-state index contributed by atoms with van der Waals surface area (Å²) >= 11 is 0. The number of carbonyl (C=O) groups excluding carboxylic acids is 2. The zero-order chi connectivity index (χ0) is 18.8. The van der Waals surface area contributed by atoms with Gasteiger partial charge in [0.1, 0.15) is 5.60 Å². The van der Waals surface area contributed by atoms with E-state index in [2.05, 4.69) is 11.9 Å². The molecule has 8 heteroatoms. The van der Waals surface area contributed by atoms with E-state index in [4.69, 9.17) is 4.74 Å². The van der Waals surface area contributed by atoms with Crippen molar-refractivity contribution in [2.24, 2.45) is 0 Å². The molecular weight excluding hydrogens is 326 g/mol. The fraction of sp³-hybridized carbons (Fsp3) is 0.412. The lowest BCUT2D eigenvalue weighted by atomic mass is 9.91. The molecule has 0 spiro atoms. The van der Waals surface area contributed by atoms with Gasteiger partial charge in [0.15, 0.2) is 0 Å². The van der Waals surface area contributed by atoms with Gasteiger partial charge in [-0.25, -0.2) is 4.79 Å². The van der Waals surface area contributed by atoms with E-state index >= 15 is 0 Å². The molecule has 134 valence electrons. The molecule has 1 N–H and O–H groups in total. The maximum atomic E-state index is 13.0. The molecule has 1 aliphatic rings. The summed E-state index contributed by atoms with van der Waals surface area (Å²) in [4.78, 5) is 37.3. The molecule has 0 saturated carbocycles. The molecule has 0 saturated heterocycles. The molecule has 1 aliphatic heterocycles. The normalized spacial score (nSPS) is 19.3. The van der Waals surface area contributed by atoms with Crippen molar-refractivity contribution in [3.63, 3.8) is 0 Å². The molecule has 0 radical (unpaired) electrons. The number of para-hydroxylation sites is 1. The van der Waals surface area contributed by atoms with Crippen molar-refractivity contribution in [1.82, 2.24) is 5.32 Å². The first-order valence-corrected chi connectivity index (χ1v) is 7.76. The predicted molar refractivity (Wildman–Crippen MR) is 91.9 cm³/mol. The van der Waals surface area contributed by atoms with Crippen molar-refractivity contribution in [1.29, 1.82) is 0 Å². The molecule has 1 atom stereocenters. The molecule has 1 aromatic rings. The van der Waals surface area contributed by atoms with Crippen molar-refractivity contribution in [3.05, 3.63) is 52.6 Å². The summed E-state index contributed by atoms with van der Waals surface area (Å²) in [6, 6.07) is 6.65. The SMILES string of the molecule is C=CCN1C(=O)[C@](C[N+](=O)[O-])(NC(=O)OC(C)(C)C)c2ccccc21. The second-order valence-electron chi connectivity index (χ2n) is 6.74. The zero-order valence-electron chi connectivity index (χ0n) is 14.4. The van der Waals surface area contributed by atoms with E-state index < -0.39 is 34.6 Å².